The topological polar surface area (TPSA) is 168 Å². The summed E-state index contributed by atoms with van der Waals surface area (Å²) in [6, 6.07) is 5.06. The van der Waals surface area contributed by atoms with Crippen molar-refractivity contribution in [3.63, 3.8) is 0 Å². The molecule has 0 spiro atoms. The summed E-state index contributed by atoms with van der Waals surface area (Å²) in [5.74, 6) is -4.86. The van der Waals surface area contributed by atoms with Crippen molar-refractivity contribution in [2.24, 2.45) is 0 Å². The van der Waals surface area contributed by atoms with E-state index >= 15 is 4.39 Å². The summed E-state index contributed by atoms with van der Waals surface area (Å²) in [6.07, 6.45) is -8.48. The summed E-state index contributed by atoms with van der Waals surface area (Å²) in [4.78, 5) is 8.06. The van der Waals surface area contributed by atoms with Gasteiger partial charge in [0.15, 0.2) is 5.82 Å². The summed E-state index contributed by atoms with van der Waals surface area (Å²) in [7, 11) is 1.17. The maximum absolute atomic E-state index is 15.0. The Labute approximate surface area is 207 Å². The molecule has 0 amide bonds. The standard InChI is InChI=1S/C21H21Cl2F2N3O7/c1-35-14-5-8-12(4-9(14)18(32)21(25,34)19(33)17(31)13(30)6-29)26-7-27-20(8)28-11-3-2-10(22)15(23)16(11)24/h2-5,7,13,17-19,29-34H,6H2,1H3,(H,26,27,28)/t13-,17+,18?,19-,21-/m1/s1. The minimum absolute atomic E-state index is 0.0000773. The number of aromatic nitrogens is 2. The van der Waals surface area contributed by atoms with E-state index in [2.05, 4.69) is 15.3 Å². The minimum Gasteiger partial charge on any atom is -0.496 e. The Morgan fingerprint density at radius 1 is 1.14 bits per heavy atom. The largest absolute Gasteiger partial charge is 0.496 e. The highest BCUT2D eigenvalue weighted by Crippen LogP contribution is 2.40. The number of hydrogen-bond donors (Lipinski definition) is 7. The highest BCUT2D eigenvalue weighted by molar-refractivity contribution is 6.42. The lowest BCUT2D eigenvalue weighted by atomic mass is 9.92. The predicted octanol–water partition coefficient (Wildman–Crippen LogP) is 1.59. The van der Waals surface area contributed by atoms with Crippen molar-refractivity contribution in [2.75, 3.05) is 19.0 Å². The number of rotatable bonds is 9. The van der Waals surface area contributed by atoms with Gasteiger partial charge in [0, 0.05) is 10.9 Å². The van der Waals surface area contributed by atoms with Gasteiger partial charge in [0.1, 0.15) is 42.3 Å². The maximum Gasteiger partial charge on any atom is 0.266 e. The van der Waals surface area contributed by atoms with Gasteiger partial charge < -0.3 is 40.7 Å². The Hall–Kier alpha value is -2.42. The summed E-state index contributed by atoms with van der Waals surface area (Å²) < 4.78 is 34.7. The molecule has 0 aliphatic carbocycles. The first kappa shape index (κ1) is 27.2. The Kier molecular flexibility index (Phi) is 8.29. The zero-order valence-corrected chi connectivity index (χ0v) is 19.4. The summed E-state index contributed by atoms with van der Waals surface area (Å²) >= 11 is 11.6. The van der Waals surface area contributed by atoms with E-state index in [4.69, 9.17) is 33.0 Å². The normalized spacial score (nSPS) is 16.9. The number of nitrogens with zero attached hydrogens (tertiary/aromatic N) is 2. The average Bonchev–Trinajstić information content (AvgIpc) is 2.86. The van der Waals surface area contributed by atoms with Crippen LogP contribution in [0.25, 0.3) is 10.9 Å². The van der Waals surface area contributed by atoms with Crippen molar-refractivity contribution in [2.45, 2.75) is 30.3 Å². The van der Waals surface area contributed by atoms with Crippen molar-refractivity contribution in [3.05, 3.63) is 52.0 Å². The van der Waals surface area contributed by atoms with E-state index in [-0.39, 0.29) is 43.8 Å². The number of halogens is 4. The van der Waals surface area contributed by atoms with E-state index < -0.39 is 42.7 Å². The lowest BCUT2D eigenvalue weighted by molar-refractivity contribution is -0.260. The molecule has 0 aliphatic heterocycles. The van der Waals surface area contributed by atoms with Crippen molar-refractivity contribution >= 4 is 45.6 Å². The number of benzene rings is 2. The van der Waals surface area contributed by atoms with Crippen molar-refractivity contribution in [3.8, 4) is 5.75 Å². The van der Waals surface area contributed by atoms with E-state index in [0.717, 1.165) is 12.4 Å². The van der Waals surface area contributed by atoms with E-state index in [0.29, 0.717) is 0 Å². The molecule has 3 aromatic rings. The lowest BCUT2D eigenvalue weighted by Gasteiger charge is -2.34. The van der Waals surface area contributed by atoms with Crippen LogP contribution in [0.2, 0.25) is 10.0 Å². The smallest absolute Gasteiger partial charge is 0.266 e. The number of hydrogen-bond acceptors (Lipinski definition) is 10. The van der Waals surface area contributed by atoms with E-state index in [9.17, 15) is 29.9 Å². The minimum atomic E-state index is -3.90. The molecule has 2 aromatic carbocycles. The van der Waals surface area contributed by atoms with Gasteiger partial charge in [-0.2, -0.15) is 0 Å². The molecule has 0 saturated carbocycles. The van der Waals surface area contributed by atoms with Crippen LogP contribution in [0.1, 0.15) is 11.7 Å². The first-order chi connectivity index (χ1) is 16.4. The fraction of sp³-hybridized carbons (Fsp3) is 0.333. The van der Waals surface area contributed by atoms with Gasteiger partial charge in [-0.25, -0.2) is 18.7 Å². The second kappa shape index (κ2) is 10.7. The molecule has 35 heavy (non-hydrogen) atoms. The van der Waals surface area contributed by atoms with Crippen LogP contribution in [-0.4, -0.2) is 78.5 Å². The number of nitrogens with one attached hydrogen (secondary N) is 1. The van der Waals surface area contributed by atoms with Crippen LogP contribution in [0.3, 0.4) is 0 Å². The maximum atomic E-state index is 15.0. The molecule has 10 nitrogen and oxygen atoms in total. The van der Waals surface area contributed by atoms with E-state index in [1.165, 1.54) is 25.3 Å². The van der Waals surface area contributed by atoms with Crippen LogP contribution >= 0.6 is 23.2 Å². The SMILES string of the molecule is COc1cc2c(Nc3ccc(Cl)c(Cl)c3F)ncnc2cc1C(O)[C@](O)(F)[C@H](O)[C@@H](O)[C@H](O)CO. The molecule has 7 N–H and O–H groups in total. The molecule has 14 heteroatoms. The van der Waals surface area contributed by atoms with Gasteiger partial charge in [0.2, 0.25) is 0 Å². The Bertz CT molecular complexity index is 1220. The number of alkyl halides is 1. The third kappa shape index (κ3) is 5.25. The predicted molar refractivity (Wildman–Crippen MR) is 122 cm³/mol. The second-order valence-electron chi connectivity index (χ2n) is 7.50. The van der Waals surface area contributed by atoms with Gasteiger partial charge in [-0.3, -0.25) is 0 Å². The van der Waals surface area contributed by atoms with Crippen LogP contribution in [0.4, 0.5) is 20.3 Å². The van der Waals surface area contributed by atoms with Gasteiger partial charge in [0.05, 0.1) is 35.0 Å². The number of fused-ring (bicyclic) bond motifs is 1. The molecule has 0 saturated heterocycles. The fourth-order valence-corrected chi connectivity index (χ4v) is 3.59. The molecule has 0 bridgehead atoms. The number of ether oxygens (including phenoxy) is 1. The Balaban J connectivity index is 2.04. The molecule has 0 fully saturated rings. The van der Waals surface area contributed by atoms with Gasteiger partial charge in [-0.05, 0) is 24.3 Å². The fourth-order valence-electron chi connectivity index (χ4n) is 3.28. The van der Waals surface area contributed by atoms with Crippen LogP contribution in [-0.2, 0) is 0 Å². The molecule has 190 valence electrons. The van der Waals surface area contributed by atoms with Gasteiger partial charge in [-0.15, -0.1) is 0 Å². The van der Waals surface area contributed by atoms with Crippen LogP contribution in [0, 0.1) is 5.82 Å². The molecular formula is C21H21Cl2F2N3O7. The van der Waals surface area contributed by atoms with Gasteiger partial charge >= 0.3 is 0 Å². The van der Waals surface area contributed by atoms with Crippen LogP contribution < -0.4 is 10.1 Å². The average molecular weight is 536 g/mol. The molecule has 1 unspecified atom stereocenters. The third-order valence-electron chi connectivity index (χ3n) is 5.27. The first-order valence-corrected chi connectivity index (χ1v) is 10.7. The molecule has 3 rings (SSSR count). The quantitative estimate of drug-likeness (QED) is 0.200. The molecular weight excluding hydrogens is 515 g/mol. The Morgan fingerprint density at radius 2 is 1.83 bits per heavy atom. The number of anilines is 2. The highest BCUT2D eigenvalue weighted by Gasteiger charge is 2.50. The van der Waals surface area contributed by atoms with Gasteiger partial charge in [0.25, 0.3) is 5.85 Å². The van der Waals surface area contributed by atoms with E-state index in [1.54, 1.807) is 0 Å². The van der Waals surface area contributed by atoms with Crippen molar-refractivity contribution < 1.29 is 44.2 Å². The van der Waals surface area contributed by atoms with Crippen LogP contribution in [0.5, 0.6) is 5.75 Å². The summed E-state index contributed by atoms with van der Waals surface area (Å²) in [6.45, 7) is -1.05. The van der Waals surface area contributed by atoms with Crippen molar-refractivity contribution in [1.29, 1.82) is 0 Å². The van der Waals surface area contributed by atoms with E-state index in [1.807, 2.05) is 0 Å². The first-order valence-electron chi connectivity index (χ1n) is 9.91. The zero-order valence-electron chi connectivity index (χ0n) is 17.9. The van der Waals surface area contributed by atoms with Crippen LogP contribution in [0.15, 0.2) is 30.6 Å². The number of aliphatic hydroxyl groups excluding tert-OH is 5. The van der Waals surface area contributed by atoms with Gasteiger partial charge in [-0.1, -0.05) is 23.2 Å². The number of methoxy groups -OCH3 is 1. The summed E-state index contributed by atoms with van der Waals surface area (Å²) in [5, 5.41) is 61.4. The molecule has 0 aliphatic rings. The molecule has 0 radical (unpaired) electrons. The zero-order chi connectivity index (χ0) is 26.1. The molecule has 1 aromatic heterocycles. The lowest BCUT2D eigenvalue weighted by Crippen LogP contribution is -2.54. The summed E-state index contributed by atoms with van der Waals surface area (Å²) in [5.41, 5.74) is -0.376. The second-order valence-corrected chi connectivity index (χ2v) is 8.28. The highest BCUT2D eigenvalue weighted by atomic mass is 35.5. The molecule has 5 atom stereocenters. The Morgan fingerprint density at radius 3 is 2.46 bits per heavy atom. The van der Waals surface area contributed by atoms with Crippen molar-refractivity contribution in [1.82, 2.24) is 9.97 Å². The third-order valence-corrected chi connectivity index (χ3v) is 6.05. The number of aliphatic hydroxyl groups is 6. The molecule has 1 heterocycles. The monoisotopic (exact) mass is 535 g/mol.